The third kappa shape index (κ3) is 4.68. The lowest BCUT2D eigenvalue weighted by Crippen LogP contribution is -2.36. The number of nitro benzene ring substituents is 1. The number of amides is 1. The van der Waals surface area contributed by atoms with Crippen LogP contribution in [0.5, 0.6) is 0 Å². The zero-order valence-corrected chi connectivity index (χ0v) is 12.1. The number of nitrogens with zero attached hydrogens (tertiary/aromatic N) is 3. The maximum atomic E-state index is 11.9. The fraction of sp³-hybridized carbons (Fsp3) is 0.133. The molecule has 118 valence electrons. The van der Waals surface area contributed by atoms with Crippen molar-refractivity contribution in [2.45, 2.75) is 6.54 Å². The van der Waals surface area contributed by atoms with Crippen molar-refractivity contribution < 1.29 is 19.4 Å². The van der Waals surface area contributed by atoms with Crippen molar-refractivity contribution in [3.8, 4) is 0 Å². The van der Waals surface area contributed by atoms with Crippen molar-refractivity contribution in [2.24, 2.45) is 5.10 Å². The first kappa shape index (κ1) is 16.2. The number of nitro groups is 1. The second kappa shape index (κ2) is 7.76. The van der Waals surface area contributed by atoms with Gasteiger partial charge in [-0.3, -0.25) is 14.9 Å². The van der Waals surface area contributed by atoms with Gasteiger partial charge < -0.3 is 5.11 Å². The summed E-state index contributed by atoms with van der Waals surface area (Å²) in [5, 5.41) is 23.2. The van der Waals surface area contributed by atoms with Crippen LogP contribution in [-0.4, -0.2) is 28.8 Å². The van der Waals surface area contributed by atoms with Gasteiger partial charge in [0, 0.05) is 18.2 Å². The predicted octanol–water partition coefficient (Wildman–Crippen LogP) is 0.638. The number of pyridine rings is 1. The number of rotatable bonds is 6. The highest BCUT2D eigenvalue weighted by molar-refractivity contribution is 5.94. The van der Waals surface area contributed by atoms with Gasteiger partial charge in [0.1, 0.15) is 12.2 Å². The van der Waals surface area contributed by atoms with Crippen molar-refractivity contribution in [3.05, 3.63) is 70.0 Å². The number of non-ortho nitro benzene ring substituents is 1. The highest BCUT2D eigenvalue weighted by Crippen LogP contribution is 2.10. The molecule has 0 unspecified atom stereocenters. The molecule has 2 aromatic rings. The number of aliphatic hydroxyl groups excluding tert-OH is 1. The van der Waals surface area contributed by atoms with Gasteiger partial charge >= 0.3 is 0 Å². The number of carbonyl (C=O) groups excluding carboxylic acids is 1. The standard InChI is InChI=1S/C15H14N4O4/c20-9-8-18-7-1-2-13(11-18)15(21)17-16-10-12-3-5-14(6-4-12)19(22)23/h1-7,10-11,20H,8-9H2/p+1. The number of hydrogen-bond donors (Lipinski definition) is 2. The molecule has 1 heterocycles. The SMILES string of the molecule is O=C(NN=Cc1ccc([N+](=O)[O-])cc1)c1ccc[n+](CCO)c1. The summed E-state index contributed by atoms with van der Waals surface area (Å²) in [7, 11) is 0. The van der Waals surface area contributed by atoms with E-state index >= 15 is 0 Å². The second-order valence-corrected chi connectivity index (χ2v) is 4.60. The Labute approximate surface area is 131 Å². The minimum absolute atomic E-state index is 0.0103. The number of benzene rings is 1. The topological polar surface area (TPSA) is 109 Å². The van der Waals surface area contributed by atoms with Crippen LogP contribution >= 0.6 is 0 Å². The lowest BCUT2D eigenvalue weighted by molar-refractivity contribution is -0.698. The highest BCUT2D eigenvalue weighted by atomic mass is 16.6. The Hall–Kier alpha value is -3.13. The largest absolute Gasteiger partial charge is 0.390 e. The van der Waals surface area contributed by atoms with E-state index in [-0.39, 0.29) is 12.3 Å². The van der Waals surface area contributed by atoms with E-state index in [4.69, 9.17) is 5.11 Å². The molecule has 0 saturated carbocycles. The molecule has 8 heteroatoms. The molecule has 0 aliphatic rings. The fourth-order valence-corrected chi connectivity index (χ4v) is 1.82. The molecule has 8 nitrogen and oxygen atoms in total. The minimum atomic E-state index is -0.486. The van der Waals surface area contributed by atoms with Crippen LogP contribution < -0.4 is 9.99 Å². The van der Waals surface area contributed by atoms with Gasteiger partial charge in [0.25, 0.3) is 11.6 Å². The number of aliphatic hydroxyl groups is 1. The van der Waals surface area contributed by atoms with Gasteiger partial charge in [-0.25, -0.2) is 9.99 Å². The van der Waals surface area contributed by atoms with E-state index in [1.807, 2.05) is 0 Å². The number of nitrogens with one attached hydrogen (secondary N) is 1. The Morgan fingerprint density at radius 3 is 2.74 bits per heavy atom. The summed E-state index contributed by atoms with van der Waals surface area (Å²) in [5.41, 5.74) is 3.39. The molecule has 23 heavy (non-hydrogen) atoms. The van der Waals surface area contributed by atoms with Gasteiger partial charge in [0.2, 0.25) is 0 Å². The maximum absolute atomic E-state index is 11.9. The number of hydrazone groups is 1. The lowest BCUT2D eigenvalue weighted by atomic mass is 10.2. The predicted molar refractivity (Wildman–Crippen MR) is 81.9 cm³/mol. The lowest BCUT2D eigenvalue weighted by Gasteiger charge is -1.99. The summed E-state index contributed by atoms with van der Waals surface area (Å²) < 4.78 is 1.69. The third-order valence-corrected chi connectivity index (χ3v) is 2.96. The molecule has 2 rings (SSSR count). The molecule has 0 aliphatic carbocycles. The molecule has 0 radical (unpaired) electrons. The first-order chi connectivity index (χ1) is 11.1. The van der Waals surface area contributed by atoms with E-state index in [0.717, 1.165) is 0 Å². The number of aromatic nitrogens is 1. The molecule has 1 aromatic carbocycles. The molecular weight excluding hydrogens is 300 g/mol. The van der Waals surface area contributed by atoms with Gasteiger partial charge in [0.15, 0.2) is 18.9 Å². The highest BCUT2D eigenvalue weighted by Gasteiger charge is 2.09. The number of carbonyl (C=O) groups is 1. The summed E-state index contributed by atoms with van der Waals surface area (Å²) in [4.78, 5) is 22.0. The molecule has 0 spiro atoms. The van der Waals surface area contributed by atoms with Crippen LogP contribution in [0, 0.1) is 10.1 Å². The summed E-state index contributed by atoms with van der Waals surface area (Å²) in [6.07, 6.45) is 4.74. The normalized spacial score (nSPS) is 10.7. The van der Waals surface area contributed by atoms with Gasteiger partial charge in [-0.2, -0.15) is 5.10 Å². The molecule has 0 bridgehead atoms. The average molecular weight is 315 g/mol. The summed E-state index contributed by atoms with van der Waals surface area (Å²) in [5.74, 6) is -0.393. The Kier molecular flexibility index (Phi) is 5.48. The average Bonchev–Trinajstić information content (AvgIpc) is 2.56. The van der Waals surface area contributed by atoms with Crippen LogP contribution in [0.25, 0.3) is 0 Å². The van der Waals surface area contributed by atoms with Crippen molar-refractivity contribution in [2.75, 3.05) is 6.61 Å². The summed E-state index contributed by atoms with van der Waals surface area (Å²) >= 11 is 0. The Morgan fingerprint density at radius 1 is 1.35 bits per heavy atom. The quantitative estimate of drug-likeness (QED) is 0.353. The maximum Gasteiger partial charge on any atom is 0.277 e. The van der Waals surface area contributed by atoms with Gasteiger partial charge in [-0.15, -0.1) is 0 Å². The van der Waals surface area contributed by atoms with Crippen LogP contribution in [0.3, 0.4) is 0 Å². The molecule has 0 aliphatic heterocycles. The molecule has 0 saturated heterocycles. The minimum Gasteiger partial charge on any atom is -0.390 e. The Balaban J connectivity index is 1.98. The zero-order chi connectivity index (χ0) is 16.7. The van der Waals surface area contributed by atoms with Crippen molar-refractivity contribution in [1.29, 1.82) is 0 Å². The Bertz CT molecular complexity index is 729. The monoisotopic (exact) mass is 315 g/mol. The second-order valence-electron chi connectivity index (χ2n) is 4.60. The third-order valence-electron chi connectivity index (χ3n) is 2.96. The first-order valence-electron chi connectivity index (χ1n) is 6.78. The molecular formula is C15H15N4O4+. The van der Waals surface area contributed by atoms with Crippen molar-refractivity contribution >= 4 is 17.8 Å². The number of hydrogen-bond acceptors (Lipinski definition) is 5. The van der Waals surface area contributed by atoms with E-state index in [1.165, 1.54) is 30.5 Å². The Morgan fingerprint density at radius 2 is 2.09 bits per heavy atom. The molecule has 1 aromatic heterocycles. The van der Waals surface area contributed by atoms with E-state index in [9.17, 15) is 14.9 Å². The zero-order valence-electron chi connectivity index (χ0n) is 12.1. The van der Waals surface area contributed by atoms with Crippen LogP contribution in [0.1, 0.15) is 15.9 Å². The van der Waals surface area contributed by atoms with Crippen LogP contribution in [-0.2, 0) is 6.54 Å². The van der Waals surface area contributed by atoms with E-state index < -0.39 is 10.8 Å². The summed E-state index contributed by atoms with van der Waals surface area (Å²) in [6.45, 7) is 0.376. The summed E-state index contributed by atoms with van der Waals surface area (Å²) in [6, 6.07) is 9.11. The molecule has 0 fully saturated rings. The van der Waals surface area contributed by atoms with Crippen molar-refractivity contribution in [1.82, 2.24) is 5.43 Å². The molecule has 1 amide bonds. The van der Waals surface area contributed by atoms with E-state index in [2.05, 4.69) is 10.5 Å². The molecule has 2 N–H and O–H groups in total. The first-order valence-corrected chi connectivity index (χ1v) is 6.78. The van der Waals surface area contributed by atoms with Crippen LogP contribution in [0.2, 0.25) is 0 Å². The van der Waals surface area contributed by atoms with Gasteiger partial charge in [-0.05, 0) is 23.8 Å². The van der Waals surface area contributed by atoms with Crippen LogP contribution in [0.15, 0.2) is 53.9 Å². The smallest absolute Gasteiger partial charge is 0.277 e. The van der Waals surface area contributed by atoms with E-state index in [0.29, 0.717) is 17.7 Å². The molecule has 0 atom stereocenters. The fourth-order valence-electron chi connectivity index (χ4n) is 1.82. The van der Waals surface area contributed by atoms with Crippen molar-refractivity contribution in [3.63, 3.8) is 0 Å². The van der Waals surface area contributed by atoms with E-state index in [1.54, 1.807) is 29.1 Å². The van der Waals surface area contributed by atoms with Gasteiger partial charge in [0.05, 0.1) is 11.1 Å². The van der Waals surface area contributed by atoms with Crippen LogP contribution in [0.4, 0.5) is 5.69 Å². The van der Waals surface area contributed by atoms with Gasteiger partial charge in [-0.1, -0.05) is 0 Å².